The van der Waals surface area contributed by atoms with Crippen molar-refractivity contribution in [1.82, 2.24) is 24.5 Å². The highest BCUT2D eigenvalue weighted by Crippen LogP contribution is 2.36. The van der Waals surface area contributed by atoms with Crippen LogP contribution in [0.1, 0.15) is 61.6 Å². The number of amides is 1. The van der Waals surface area contributed by atoms with Crippen LogP contribution in [0, 0.1) is 0 Å². The number of aromatic nitrogens is 4. The molecule has 3 aromatic heterocycles. The molecule has 0 radical (unpaired) electrons. The van der Waals surface area contributed by atoms with Crippen molar-refractivity contribution in [3.8, 4) is 5.69 Å². The predicted octanol–water partition coefficient (Wildman–Crippen LogP) is 2.84. The Bertz CT molecular complexity index is 1440. The second-order valence-corrected chi connectivity index (χ2v) is 12.1. The summed E-state index contributed by atoms with van der Waals surface area (Å²) < 4.78 is 33.1. The molecule has 2 saturated heterocycles. The van der Waals surface area contributed by atoms with Gasteiger partial charge in [0.25, 0.3) is 5.91 Å². The van der Waals surface area contributed by atoms with Crippen molar-refractivity contribution in [2.45, 2.75) is 51.6 Å². The number of sulfonamides is 1. The Kier molecular flexibility index (Phi) is 7.28. The molecule has 2 aliphatic rings. The fraction of sp³-hybridized carbons (Fsp3) is 0.538. The van der Waals surface area contributed by atoms with Crippen LogP contribution in [0.3, 0.4) is 0 Å². The number of pyridine rings is 2. The van der Waals surface area contributed by atoms with Crippen LogP contribution in [-0.4, -0.2) is 79.7 Å². The van der Waals surface area contributed by atoms with Gasteiger partial charge in [0, 0.05) is 45.6 Å². The highest BCUT2D eigenvalue weighted by Gasteiger charge is 2.28. The SMILES string of the molecule is COC1CCN(c2cc(C(=O)NS(C)(=O)=O)nc3c2c(C(C)C)nn3-c2ccnc(N3CCCC3)c2)CC1. The molecule has 0 aliphatic carbocycles. The molecule has 5 rings (SSSR count). The van der Waals surface area contributed by atoms with E-state index in [1.807, 2.05) is 12.1 Å². The third-order valence-electron chi connectivity index (χ3n) is 7.22. The largest absolute Gasteiger partial charge is 0.381 e. The minimum atomic E-state index is -3.76. The number of nitrogens with zero attached hydrogens (tertiary/aromatic N) is 6. The van der Waals surface area contributed by atoms with Crippen LogP contribution < -0.4 is 14.5 Å². The maximum atomic E-state index is 13.0. The Morgan fingerprint density at radius 2 is 1.82 bits per heavy atom. The van der Waals surface area contributed by atoms with E-state index in [-0.39, 0.29) is 17.7 Å². The highest BCUT2D eigenvalue weighted by molar-refractivity contribution is 7.89. The number of piperidine rings is 1. The maximum absolute atomic E-state index is 13.0. The van der Waals surface area contributed by atoms with Gasteiger partial charge >= 0.3 is 0 Å². The summed E-state index contributed by atoms with van der Waals surface area (Å²) in [5.41, 5.74) is 3.02. The van der Waals surface area contributed by atoms with Gasteiger partial charge in [0.05, 0.1) is 34.8 Å². The first-order valence-electron chi connectivity index (χ1n) is 13.1. The van der Waals surface area contributed by atoms with E-state index in [1.54, 1.807) is 24.1 Å². The lowest BCUT2D eigenvalue weighted by molar-refractivity contribution is 0.0819. The number of hydrogen-bond acceptors (Lipinski definition) is 9. The second kappa shape index (κ2) is 10.5. The number of nitrogens with one attached hydrogen (secondary N) is 1. The van der Waals surface area contributed by atoms with E-state index in [0.29, 0.717) is 5.65 Å². The predicted molar refractivity (Wildman–Crippen MR) is 147 cm³/mol. The van der Waals surface area contributed by atoms with Gasteiger partial charge in [-0.1, -0.05) is 13.8 Å². The first kappa shape index (κ1) is 26.4. The van der Waals surface area contributed by atoms with Gasteiger partial charge in [0.2, 0.25) is 10.0 Å². The molecule has 0 spiro atoms. The first-order valence-corrected chi connectivity index (χ1v) is 15.0. The van der Waals surface area contributed by atoms with Gasteiger partial charge in [-0.25, -0.2) is 27.8 Å². The Morgan fingerprint density at radius 1 is 1.11 bits per heavy atom. The van der Waals surface area contributed by atoms with E-state index in [1.165, 1.54) is 0 Å². The molecule has 2 aliphatic heterocycles. The number of ether oxygens (including phenoxy) is 1. The number of anilines is 2. The smallest absolute Gasteiger partial charge is 0.283 e. The summed E-state index contributed by atoms with van der Waals surface area (Å²) in [7, 11) is -2.04. The van der Waals surface area contributed by atoms with Gasteiger partial charge in [-0.05, 0) is 43.7 Å². The summed E-state index contributed by atoms with van der Waals surface area (Å²) in [6, 6.07) is 5.57. The Labute approximate surface area is 223 Å². The lowest BCUT2D eigenvalue weighted by Crippen LogP contribution is -2.37. The van der Waals surface area contributed by atoms with Crippen LogP contribution >= 0.6 is 0 Å². The van der Waals surface area contributed by atoms with E-state index < -0.39 is 15.9 Å². The summed E-state index contributed by atoms with van der Waals surface area (Å²) in [6.07, 6.45) is 6.87. The summed E-state index contributed by atoms with van der Waals surface area (Å²) in [5, 5.41) is 5.86. The van der Waals surface area contributed by atoms with Gasteiger partial charge in [-0.2, -0.15) is 5.10 Å². The minimum absolute atomic E-state index is 0.0251. The van der Waals surface area contributed by atoms with Crippen LogP contribution in [0.15, 0.2) is 24.4 Å². The summed E-state index contributed by atoms with van der Waals surface area (Å²) in [6.45, 7) is 7.56. The van der Waals surface area contributed by atoms with Crippen LogP contribution in [0.2, 0.25) is 0 Å². The summed E-state index contributed by atoms with van der Waals surface area (Å²) >= 11 is 0. The number of carbonyl (C=O) groups excluding carboxylic acids is 1. The maximum Gasteiger partial charge on any atom is 0.283 e. The van der Waals surface area contributed by atoms with Gasteiger partial charge in [-0.3, -0.25) is 4.79 Å². The second-order valence-electron chi connectivity index (χ2n) is 10.4. The number of rotatable bonds is 7. The molecule has 1 N–H and O–H groups in total. The average Bonchev–Trinajstić information content (AvgIpc) is 3.56. The molecule has 2 fully saturated rings. The van der Waals surface area contributed by atoms with Crippen LogP contribution in [0.4, 0.5) is 11.5 Å². The van der Waals surface area contributed by atoms with Gasteiger partial charge in [0.1, 0.15) is 11.5 Å². The molecule has 0 aromatic carbocycles. The van der Waals surface area contributed by atoms with E-state index >= 15 is 0 Å². The molecule has 12 heteroatoms. The van der Waals surface area contributed by atoms with E-state index in [0.717, 1.165) is 86.4 Å². The quantitative estimate of drug-likeness (QED) is 0.481. The number of carbonyl (C=O) groups is 1. The molecular weight excluding hydrogens is 506 g/mol. The Hall–Kier alpha value is -3.25. The molecule has 1 amide bonds. The highest BCUT2D eigenvalue weighted by atomic mass is 32.2. The standard InChI is InChI=1S/C26H35N7O4S/c1-17(2)24-23-21(31-13-8-19(37-3)9-14-31)16-20(26(34)30-38(4,35)36)28-25(23)33(29-24)18-7-10-27-22(15-18)32-11-5-6-12-32/h7,10,15-17,19H,5-6,8-9,11-14H2,1-4H3,(H,30,34). The third kappa shape index (κ3) is 5.32. The molecule has 204 valence electrons. The van der Waals surface area contributed by atoms with Crippen molar-refractivity contribution < 1.29 is 17.9 Å². The monoisotopic (exact) mass is 541 g/mol. The van der Waals surface area contributed by atoms with E-state index in [2.05, 4.69) is 33.4 Å². The molecule has 38 heavy (non-hydrogen) atoms. The zero-order valence-electron chi connectivity index (χ0n) is 22.3. The van der Waals surface area contributed by atoms with Crippen molar-refractivity contribution in [2.75, 3.05) is 49.3 Å². The van der Waals surface area contributed by atoms with Crippen molar-refractivity contribution in [3.05, 3.63) is 35.8 Å². The van der Waals surface area contributed by atoms with Crippen molar-refractivity contribution in [2.24, 2.45) is 0 Å². The number of methoxy groups -OCH3 is 1. The van der Waals surface area contributed by atoms with Crippen LogP contribution in [-0.2, 0) is 14.8 Å². The van der Waals surface area contributed by atoms with Crippen molar-refractivity contribution in [3.63, 3.8) is 0 Å². The number of fused-ring (bicyclic) bond motifs is 1. The van der Waals surface area contributed by atoms with Crippen LogP contribution in [0.25, 0.3) is 16.7 Å². The van der Waals surface area contributed by atoms with Gasteiger partial charge in [0.15, 0.2) is 5.65 Å². The van der Waals surface area contributed by atoms with E-state index in [4.69, 9.17) is 14.8 Å². The Morgan fingerprint density at radius 3 is 2.45 bits per heavy atom. The molecule has 0 bridgehead atoms. The van der Waals surface area contributed by atoms with Crippen molar-refractivity contribution in [1.29, 1.82) is 0 Å². The third-order valence-corrected chi connectivity index (χ3v) is 7.78. The van der Waals surface area contributed by atoms with Crippen LogP contribution in [0.5, 0.6) is 0 Å². The summed E-state index contributed by atoms with van der Waals surface area (Å²) in [4.78, 5) is 26.8. The topological polar surface area (TPSA) is 123 Å². The van der Waals surface area contributed by atoms with Crippen molar-refractivity contribution >= 4 is 38.5 Å². The fourth-order valence-electron chi connectivity index (χ4n) is 5.28. The zero-order chi connectivity index (χ0) is 27.0. The number of hydrogen-bond donors (Lipinski definition) is 1. The lowest BCUT2D eigenvalue weighted by Gasteiger charge is -2.33. The van der Waals surface area contributed by atoms with Gasteiger partial charge in [-0.15, -0.1) is 0 Å². The van der Waals surface area contributed by atoms with Gasteiger partial charge < -0.3 is 14.5 Å². The molecule has 0 saturated carbocycles. The molecule has 0 unspecified atom stereocenters. The van der Waals surface area contributed by atoms with E-state index in [9.17, 15) is 13.2 Å². The Balaban J connectivity index is 1.69. The minimum Gasteiger partial charge on any atom is -0.381 e. The first-order chi connectivity index (χ1) is 18.1. The molecule has 11 nitrogen and oxygen atoms in total. The normalized spacial score (nSPS) is 17.1. The molecule has 5 heterocycles. The lowest BCUT2D eigenvalue weighted by atomic mass is 10.0. The fourth-order valence-corrected chi connectivity index (χ4v) is 5.73. The average molecular weight is 542 g/mol. The molecule has 0 atom stereocenters. The molecular formula is C26H35N7O4S. The molecule has 3 aromatic rings. The zero-order valence-corrected chi connectivity index (χ0v) is 23.2. The summed E-state index contributed by atoms with van der Waals surface area (Å²) in [5.74, 6) is 0.197.